The molecule has 1 aromatic rings. The molecule has 16 heavy (non-hydrogen) atoms. The highest BCUT2D eigenvalue weighted by Gasteiger charge is 2.39. The van der Waals surface area contributed by atoms with Crippen molar-refractivity contribution in [3.05, 3.63) is 33.9 Å². The van der Waals surface area contributed by atoms with Crippen LogP contribution in [0.4, 0.5) is 5.69 Å². The highest BCUT2D eigenvalue weighted by Crippen LogP contribution is 2.34. The van der Waals surface area contributed by atoms with E-state index in [9.17, 15) is 10.1 Å². The molecular weight excluding hydrogens is 208 g/mol. The highest BCUT2D eigenvalue weighted by atomic mass is 16.6. The maximum Gasteiger partial charge on any atom is 0.276 e. The first-order valence-corrected chi connectivity index (χ1v) is 5.17. The summed E-state index contributed by atoms with van der Waals surface area (Å²) in [5.74, 6) is 0.547. The van der Waals surface area contributed by atoms with Crippen LogP contribution in [-0.4, -0.2) is 17.1 Å². The Bertz CT molecular complexity index is 427. The molecule has 1 aliphatic rings. The van der Waals surface area contributed by atoms with Gasteiger partial charge < -0.3 is 10.5 Å². The number of nitrogens with two attached hydrogens (primary N) is 1. The smallest absolute Gasteiger partial charge is 0.276 e. The molecule has 0 aliphatic heterocycles. The fourth-order valence-corrected chi connectivity index (χ4v) is 1.48. The standard InChI is InChI=1S/C11H14N2O3/c1-8-9(13(14)15)3-2-4-10(8)16-7-11(12)5-6-11/h2-4H,5-7,12H2,1H3. The van der Waals surface area contributed by atoms with Gasteiger partial charge in [-0.1, -0.05) is 6.07 Å². The van der Waals surface area contributed by atoms with Crippen LogP contribution in [0.5, 0.6) is 5.75 Å². The van der Waals surface area contributed by atoms with Gasteiger partial charge >= 0.3 is 0 Å². The number of nitro benzene ring substituents is 1. The topological polar surface area (TPSA) is 78.4 Å². The van der Waals surface area contributed by atoms with Gasteiger partial charge in [0.1, 0.15) is 12.4 Å². The van der Waals surface area contributed by atoms with E-state index in [1.54, 1.807) is 19.1 Å². The normalized spacial score (nSPS) is 16.9. The average Bonchev–Trinajstić information content (AvgIpc) is 2.95. The van der Waals surface area contributed by atoms with Crippen LogP contribution in [0.3, 0.4) is 0 Å². The maximum absolute atomic E-state index is 10.7. The van der Waals surface area contributed by atoms with Crippen molar-refractivity contribution in [3.63, 3.8) is 0 Å². The first kappa shape index (κ1) is 10.9. The first-order chi connectivity index (χ1) is 7.52. The van der Waals surface area contributed by atoms with Crippen LogP contribution in [0.25, 0.3) is 0 Å². The molecule has 1 fully saturated rings. The summed E-state index contributed by atoms with van der Waals surface area (Å²) >= 11 is 0. The Balaban J connectivity index is 2.14. The zero-order chi connectivity index (χ0) is 11.8. The first-order valence-electron chi connectivity index (χ1n) is 5.17. The van der Waals surface area contributed by atoms with Crippen molar-refractivity contribution in [2.24, 2.45) is 5.73 Å². The molecule has 0 amide bonds. The minimum atomic E-state index is -0.405. The number of ether oxygens (including phenoxy) is 1. The van der Waals surface area contributed by atoms with E-state index in [1.807, 2.05) is 0 Å². The van der Waals surface area contributed by atoms with E-state index in [1.165, 1.54) is 6.07 Å². The van der Waals surface area contributed by atoms with Gasteiger partial charge in [-0.15, -0.1) is 0 Å². The molecule has 5 heteroatoms. The van der Waals surface area contributed by atoms with Crippen LogP contribution in [0.1, 0.15) is 18.4 Å². The van der Waals surface area contributed by atoms with Crippen molar-refractivity contribution in [2.45, 2.75) is 25.3 Å². The average molecular weight is 222 g/mol. The molecule has 0 radical (unpaired) electrons. The second-order valence-electron chi connectivity index (χ2n) is 4.31. The Labute approximate surface area is 93.4 Å². The molecule has 1 aliphatic carbocycles. The van der Waals surface area contributed by atoms with Gasteiger partial charge in [0, 0.05) is 6.07 Å². The van der Waals surface area contributed by atoms with E-state index in [-0.39, 0.29) is 11.2 Å². The van der Waals surface area contributed by atoms with Crippen molar-refractivity contribution in [1.29, 1.82) is 0 Å². The van der Waals surface area contributed by atoms with Crippen molar-refractivity contribution in [1.82, 2.24) is 0 Å². The molecule has 0 atom stereocenters. The third-order valence-corrected chi connectivity index (χ3v) is 2.86. The summed E-state index contributed by atoms with van der Waals surface area (Å²) in [5.41, 5.74) is 6.31. The Kier molecular flexibility index (Phi) is 2.55. The third-order valence-electron chi connectivity index (χ3n) is 2.86. The van der Waals surface area contributed by atoms with Crippen molar-refractivity contribution < 1.29 is 9.66 Å². The van der Waals surface area contributed by atoms with Crippen LogP contribution < -0.4 is 10.5 Å². The molecule has 0 bridgehead atoms. The number of nitro groups is 1. The number of nitrogens with zero attached hydrogens (tertiary/aromatic N) is 1. The van der Waals surface area contributed by atoms with Gasteiger partial charge in [-0.2, -0.15) is 0 Å². The predicted octanol–water partition coefficient (Wildman–Crippen LogP) is 1.77. The molecule has 0 aromatic heterocycles. The van der Waals surface area contributed by atoms with Gasteiger partial charge in [0.15, 0.2) is 0 Å². The van der Waals surface area contributed by atoms with Crippen LogP contribution in [0.2, 0.25) is 0 Å². The van der Waals surface area contributed by atoms with E-state index in [0.29, 0.717) is 17.9 Å². The quantitative estimate of drug-likeness (QED) is 0.622. The third kappa shape index (κ3) is 2.14. The summed E-state index contributed by atoms with van der Waals surface area (Å²) in [5, 5.41) is 10.7. The Morgan fingerprint density at radius 1 is 1.56 bits per heavy atom. The summed E-state index contributed by atoms with van der Waals surface area (Å²) < 4.78 is 5.53. The molecule has 0 unspecified atom stereocenters. The summed E-state index contributed by atoms with van der Waals surface area (Å²) in [6.45, 7) is 2.11. The van der Waals surface area contributed by atoms with Crippen molar-refractivity contribution in [3.8, 4) is 5.75 Å². The van der Waals surface area contributed by atoms with E-state index in [2.05, 4.69) is 0 Å². The molecule has 2 N–H and O–H groups in total. The van der Waals surface area contributed by atoms with Crippen LogP contribution in [0.15, 0.2) is 18.2 Å². The van der Waals surface area contributed by atoms with E-state index >= 15 is 0 Å². The second-order valence-corrected chi connectivity index (χ2v) is 4.31. The number of benzene rings is 1. The summed E-state index contributed by atoms with van der Waals surface area (Å²) in [7, 11) is 0. The fourth-order valence-electron chi connectivity index (χ4n) is 1.48. The Morgan fingerprint density at radius 2 is 2.25 bits per heavy atom. The number of hydrogen-bond donors (Lipinski definition) is 1. The lowest BCUT2D eigenvalue weighted by atomic mass is 10.2. The summed E-state index contributed by atoms with van der Waals surface area (Å²) in [6, 6.07) is 4.82. The van der Waals surface area contributed by atoms with E-state index < -0.39 is 4.92 Å². The zero-order valence-electron chi connectivity index (χ0n) is 9.10. The molecule has 1 aromatic carbocycles. The highest BCUT2D eigenvalue weighted by molar-refractivity contribution is 5.48. The summed E-state index contributed by atoms with van der Waals surface area (Å²) in [4.78, 5) is 10.3. The van der Waals surface area contributed by atoms with E-state index in [4.69, 9.17) is 10.5 Å². The van der Waals surface area contributed by atoms with Gasteiger partial charge in [-0.3, -0.25) is 10.1 Å². The van der Waals surface area contributed by atoms with Crippen molar-refractivity contribution in [2.75, 3.05) is 6.61 Å². The van der Waals surface area contributed by atoms with Crippen LogP contribution in [0, 0.1) is 17.0 Å². The predicted molar refractivity (Wildman–Crippen MR) is 59.5 cm³/mol. The molecule has 0 spiro atoms. The lowest BCUT2D eigenvalue weighted by Gasteiger charge is -2.12. The Morgan fingerprint density at radius 3 is 2.81 bits per heavy atom. The molecule has 0 saturated heterocycles. The molecule has 0 heterocycles. The van der Waals surface area contributed by atoms with Gasteiger partial charge in [0.25, 0.3) is 5.69 Å². The second kappa shape index (κ2) is 3.75. The lowest BCUT2D eigenvalue weighted by molar-refractivity contribution is -0.385. The molecule has 2 rings (SSSR count). The van der Waals surface area contributed by atoms with E-state index in [0.717, 1.165) is 12.8 Å². The SMILES string of the molecule is Cc1c(OCC2(N)CC2)cccc1[N+](=O)[O-]. The molecule has 5 nitrogen and oxygen atoms in total. The molecular formula is C11H14N2O3. The lowest BCUT2D eigenvalue weighted by Crippen LogP contribution is -2.29. The largest absolute Gasteiger partial charge is 0.491 e. The number of hydrogen-bond acceptors (Lipinski definition) is 4. The zero-order valence-corrected chi connectivity index (χ0v) is 9.10. The minimum Gasteiger partial charge on any atom is -0.491 e. The van der Waals surface area contributed by atoms with Crippen molar-refractivity contribution >= 4 is 5.69 Å². The van der Waals surface area contributed by atoms with Gasteiger partial charge in [-0.25, -0.2) is 0 Å². The minimum absolute atomic E-state index is 0.0827. The molecule has 86 valence electrons. The van der Waals surface area contributed by atoms with Gasteiger partial charge in [-0.05, 0) is 25.8 Å². The maximum atomic E-state index is 10.7. The number of rotatable bonds is 4. The van der Waals surface area contributed by atoms with Gasteiger partial charge in [0.2, 0.25) is 0 Å². The van der Waals surface area contributed by atoms with Crippen LogP contribution >= 0.6 is 0 Å². The monoisotopic (exact) mass is 222 g/mol. The molecule has 1 saturated carbocycles. The fraction of sp³-hybridized carbons (Fsp3) is 0.455. The van der Waals surface area contributed by atoms with Crippen LogP contribution in [-0.2, 0) is 0 Å². The Hall–Kier alpha value is -1.62. The van der Waals surface area contributed by atoms with Gasteiger partial charge in [0.05, 0.1) is 16.0 Å². The summed E-state index contributed by atoms with van der Waals surface area (Å²) in [6.07, 6.45) is 1.92.